The minimum absolute atomic E-state index is 0.221. The van der Waals surface area contributed by atoms with E-state index in [0.29, 0.717) is 11.3 Å². The van der Waals surface area contributed by atoms with Crippen LogP contribution in [0.5, 0.6) is 5.75 Å². The van der Waals surface area contributed by atoms with Gasteiger partial charge in [-0.05, 0) is 48.9 Å². The van der Waals surface area contributed by atoms with Crippen molar-refractivity contribution in [2.45, 2.75) is 49.5 Å². The van der Waals surface area contributed by atoms with Crippen molar-refractivity contribution in [1.29, 1.82) is 0 Å². The third kappa shape index (κ3) is 5.65. The fraction of sp³-hybridized carbons (Fsp3) is 0.444. The molecule has 1 spiro atoms. The van der Waals surface area contributed by atoms with Crippen LogP contribution in [0.3, 0.4) is 0 Å². The first-order valence-corrected chi connectivity index (χ1v) is 12.4. The average Bonchev–Trinajstić information content (AvgIpc) is 3.14. The van der Waals surface area contributed by atoms with Crippen LogP contribution in [-0.4, -0.2) is 76.9 Å². The Labute approximate surface area is 223 Å². The molecule has 0 aromatic heterocycles. The monoisotopic (exact) mass is 549 g/mol. The van der Waals surface area contributed by atoms with E-state index in [0.717, 1.165) is 10.6 Å². The molecule has 0 bridgehead atoms. The van der Waals surface area contributed by atoms with Gasteiger partial charge in [-0.2, -0.15) is 13.2 Å². The number of aliphatic carboxylic acids is 1. The highest BCUT2D eigenvalue weighted by Gasteiger charge is 2.56. The van der Waals surface area contributed by atoms with Crippen LogP contribution in [0.2, 0.25) is 0 Å². The van der Waals surface area contributed by atoms with E-state index in [4.69, 9.17) is 9.57 Å². The fourth-order valence-corrected chi connectivity index (χ4v) is 5.68. The lowest BCUT2D eigenvalue weighted by Gasteiger charge is -2.50. The summed E-state index contributed by atoms with van der Waals surface area (Å²) >= 11 is 0. The highest BCUT2D eigenvalue weighted by atomic mass is 19.4. The predicted octanol–water partition coefficient (Wildman–Crippen LogP) is 4.18. The molecular formula is C27H30F3N3O6. The summed E-state index contributed by atoms with van der Waals surface area (Å²) in [5, 5.41) is 10.5. The maximum Gasteiger partial charge on any atom is 0.492 e. The molecule has 210 valence electrons. The predicted molar refractivity (Wildman–Crippen MR) is 132 cm³/mol. The molecule has 2 aliphatic rings. The molecule has 0 radical (unpaired) electrons. The van der Waals surface area contributed by atoms with Gasteiger partial charge in [0, 0.05) is 20.1 Å². The van der Waals surface area contributed by atoms with Crippen LogP contribution >= 0.6 is 0 Å². The standard InChI is InChI=1S/C27H30F3N3O6/c1-31(39-23(36)27(28,29)30)26(20-6-4-3-5-7-20)14-12-25(13-15-26)18-32(24(37)33(25)17-22(34)35)16-19-8-10-21(38-2)11-9-19/h3-11H,12-18H2,1-2H3,(H,34,35). The molecule has 1 saturated heterocycles. The molecule has 1 N–H and O–H groups in total. The van der Waals surface area contributed by atoms with Crippen molar-refractivity contribution in [3.63, 3.8) is 0 Å². The third-order valence-corrected chi connectivity index (χ3v) is 7.76. The van der Waals surface area contributed by atoms with Gasteiger partial charge in [-0.3, -0.25) is 4.79 Å². The highest BCUT2D eigenvalue weighted by molar-refractivity contribution is 5.83. The molecule has 9 nitrogen and oxygen atoms in total. The first kappa shape index (κ1) is 28.2. The molecular weight excluding hydrogens is 519 g/mol. The molecule has 39 heavy (non-hydrogen) atoms. The molecule has 0 unspecified atom stereocenters. The summed E-state index contributed by atoms with van der Waals surface area (Å²) in [5.41, 5.74) is -0.463. The summed E-state index contributed by atoms with van der Waals surface area (Å²) < 4.78 is 44.2. The molecule has 12 heteroatoms. The van der Waals surface area contributed by atoms with Gasteiger partial charge in [0.1, 0.15) is 12.3 Å². The molecule has 2 amide bonds. The molecule has 1 saturated carbocycles. The zero-order valence-electron chi connectivity index (χ0n) is 21.6. The number of alkyl halides is 3. The number of methoxy groups -OCH3 is 1. The Balaban J connectivity index is 1.61. The topological polar surface area (TPSA) is 99.6 Å². The Morgan fingerprint density at radius 2 is 1.64 bits per heavy atom. The lowest BCUT2D eigenvalue weighted by molar-refractivity contribution is -0.260. The zero-order chi connectivity index (χ0) is 28.4. The Kier molecular flexibility index (Phi) is 7.78. The molecule has 0 atom stereocenters. The zero-order valence-corrected chi connectivity index (χ0v) is 21.6. The molecule has 4 rings (SSSR count). The number of halogens is 3. The van der Waals surface area contributed by atoms with Crippen LogP contribution in [0.25, 0.3) is 0 Å². The smallest absolute Gasteiger partial charge is 0.492 e. The summed E-state index contributed by atoms with van der Waals surface area (Å²) in [6.07, 6.45) is -4.15. The second kappa shape index (κ2) is 10.8. The van der Waals surface area contributed by atoms with Crippen molar-refractivity contribution in [2.75, 3.05) is 27.2 Å². The van der Waals surface area contributed by atoms with Gasteiger partial charge in [-0.25, -0.2) is 9.59 Å². The normalized spacial score (nSPS) is 23.4. The third-order valence-electron chi connectivity index (χ3n) is 7.76. The van der Waals surface area contributed by atoms with Gasteiger partial charge in [-0.1, -0.05) is 42.5 Å². The molecule has 2 aromatic rings. The molecule has 2 fully saturated rings. The summed E-state index contributed by atoms with van der Waals surface area (Å²) in [6, 6.07) is 15.5. The van der Waals surface area contributed by atoms with E-state index in [1.807, 2.05) is 12.1 Å². The van der Waals surface area contributed by atoms with Crippen molar-refractivity contribution in [2.24, 2.45) is 0 Å². The van der Waals surface area contributed by atoms with E-state index < -0.39 is 41.8 Å². The minimum Gasteiger partial charge on any atom is -0.497 e. The number of carboxylic acid groups (broad SMARTS) is 1. The van der Waals surface area contributed by atoms with Gasteiger partial charge >= 0.3 is 24.1 Å². The van der Waals surface area contributed by atoms with Crippen LogP contribution in [0.1, 0.15) is 36.8 Å². The summed E-state index contributed by atoms with van der Waals surface area (Å²) in [5.74, 6) is -2.82. The number of ether oxygens (including phenoxy) is 1. The highest BCUT2D eigenvalue weighted by Crippen LogP contribution is 2.49. The van der Waals surface area contributed by atoms with Crippen molar-refractivity contribution in [3.05, 3.63) is 65.7 Å². The summed E-state index contributed by atoms with van der Waals surface area (Å²) in [7, 11) is 2.84. The van der Waals surface area contributed by atoms with Gasteiger partial charge in [0.15, 0.2) is 0 Å². The largest absolute Gasteiger partial charge is 0.497 e. The van der Waals surface area contributed by atoms with E-state index in [9.17, 15) is 32.7 Å². The van der Waals surface area contributed by atoms with Crippen molar-refractivity contribution in [3.8, 4) is 5.75 Å². The second-order valence-electron chi connectivity index (χ2n) is 9.96. The number of hydroxylamine groups is 2. The first-order chi connectivity index (χ1) is 18.4. The van der Waals surface area contributed by atoms with Crippen LogP contribution < -0.4 is 4.74 Å². The second-order valence-corrected chi connectivity index (χ2v) is 9.96. The Hall–Kier alpha value is -3.80. The Bertz CT molecular complexity index is 1200. The van der Waals surface area contributed by atoms with Crippen LogP contribution in [0.4, 0.5) is 18.0 Å². The summed E-state index contributed by atoms with van der Waals surface area (Å²) in [6.45, 7) is 0.00483. The number of nitrogens with zero attached hydrogens (tertiary/aromatic N) is 3. The van der Waals surface area contributed by atoms with Gasteiger partial charge in [0.25, 0.3) is 0 Å². The Morgan fingerprint density at radius 1 is 1.03 bits per heavy atom. The average molecular weight is 550 g/mol. The van der Waals surface area contributed by atoms with E-state index in [2.05, 4.69) is 0 Å². The Morgan fingerprint density at radius 3 is 2.18 bits per heavy atom. The van der Waals surface area contributed by atoms with Crippen LogP contribution in [0.15, 0.2) is 54.6 Å². The van der Waals surface area contributed by atoms with Crippen LogP contribution in [0, 0.1) is 0 Å². The maximum atomic E-state index is 13.4. The lowest BCUT2D eigenvalue weighted by atomic mass is 9.68. The number of urea groups is 1. The number of carbonyl (C=O) groups excluding carboxylic acids is 2. The fourth-order valence-electron chi connectivity index (χ4n) is 5.68. The number of benzene rings is 2. The molecule has 1 aliphatic carbocycles. The molecule has 1 aliphatic heterocycles. The van der Waals surface area contributed by atoms with Gasteiger partial charge in [0.2, 0.25) is 0 Å². The number of carboxylic acids is 1. The van der Waals surface area contributed by atoms with E-state index in [-0.39, 0.29) is 38.8 Å². The number of amides is 2. The van der Waals surface area contributed by atoms with Gasteiger partial charge in [-0.15, -0.1) is 5.06 Å². The van der Waals surface area contributed by atoms with Crippen LogP contribution in [-0.2, 0) is 26.5 Å². The van der Waals surface area contributed by atoms with Gasteiger partial charge < -0.3 is 24.5 Å². The number of hydrogen-bond donors (Lipinski definition) is 1. The number of carbonyl (C=O) groups is 3. The first-order valence-electron chi connectivity index (χ1n) is 12.4. The number of hydrogen-bond acceptors (Lipinski definition) is 6. The maximum absolute atomic E-state index is 13.4. The van der Waals surface area contributed by atoms with Crippen molar-refractivity contribution >= 4 is 18.0 Å². The summed E-state index contributed by atoms with van der Waals surface area (Å²) in [4.78, 5) is 44.6. The molecule has 1 heterocycles. The van der Waals surface area contributed by atoms with E-state index in [1.165, 1.54) is 11.9 Å². The quantitative estimate of drug-likeness (QED) is 0.494. The van der Waals surface area contributed by atoms with E-state index >= 15 is 0 Å². The number of rotatable bonds is 8. The van der Waals surface area contributed by atoms with E-state index in [1.54, 1.807) is 54.5 Å². The van der Waals surface area contributed by atoms with Crippen molar-refractivity contribution < 1.29 is 42.2 Å². The minimum atomic E-state index is -5.17. The lowest BCUT2D eigenvalue weighted by Crippen LogP contribution is -2.57. The molecule has 2 aromatic carbocycles. The van der Waals surface area contributed by atoms with Gasteiger partial charge in [0.05, 0.1) is 18.2 Å². The SMILES string of the molecule is COc1ccc(CN2CC3(CCC(c4ccccc4)(N(C)OC(=O)C(F)(F)F)CC3)N(CC(=O)O)C2=O)cc1. The van der Waals surface area contributed by atoms with Crippen molar-refractivity contribution in [1.82, 2.24) is 14.9 Å².